The Kier molecular flexibility index (Phi) is 37.5. The molecule has 0 atom stereocenters. The number of unbranched alkanes of at least 4 members (excludes halogenated alkanes) is 3. The number of allylic oxidation sites excluding steroid dienone is 4. The standard InChI is InChI=1S/C82H102B4Ge2N4O5.C7H8.C6H14/c1-55(2)71-45-33-46-72(56(3)4)79(71)89-63(17)53-65(19)91(81-75(59(9)10)49-35-50-76(81)60(11)12)87-96-85(69-41-29-23-30-42-69)94-83(67-37-25-21-26-38-67)93-84(68-39-27-22-28-40-68)95-86(70-43-31-24-32-44-70)97-88-92(82-77(61(13)14)51-36-52-78(82)62(15)16)66(20)54-64(18)90-80-73(57(5)6)47-34-48-74(80)58(7)8;1-7-5-3-2-4-6-7;1-3-5-6-4-2/h21-62H,1-20H3;2-6H,1H3;3-6H2,1-2H3/b65-53-,66-54-,89-63?,90-64?;;. The molecule has 0 saturated heterocycles. The SMILES string of the molecule is CC(/C=C(/C)[N]([Ge][O]B(OB(OB(OB([O][Ge][N](/C(C)=C\C(C)=Nc1c(C(C)C)cccc1C(C)C)c1c(C(C)C)cccc1C(C)C)c1ccccc1)c1ccccc1)c1ccccc1)c1ccccc1)c1c(C(C)C)cccc1C(C)C)=Nc1c(C(C)C)cccc1C(C)C.CCCCCC.Cc1ccccc1. The second kappa shape index (κ2) is 45.9. The average Bonchev–Trinajstić information content (AvgIpc) is 0.798. The molecule has 9 rings (SSSR count). The fraction of sp³-hybridized carbons (Fsp3) is 0.368. The van der Waals surface area contributed by atoms with E-state index in [0.29, 0.717) is 23.7 Å². The molecular formula is C95H124B4Ge2N4O5. The number of aryl methyl sites for hydroxylation is 1. The number of rotatable bonds is 35. The molecule has 0 aliphatic heterocycles. The minimum absolute atomic E-state index is 0.229. The van der Waals surface area contributed by atoms with Gasteiger partial charge in [0.1, 0.15) is 0 Å². The predicted molar refractivity (Wildman–Crippen MR) is 482 cm³/mol. The van der Waals surface area contributed by atoms with Crippen molar-refractivity contribution in [3.63, 3.8) is 0 Å². The summed E-state index contributed by atoms with van der Waals surface area (Å²) in [5.41, 5.74) is 23.0. The molecular weight excluding hydrogens is 1470 g/mol. The van der Waals surface area contributed by atoms with E-state index in [1.807, 2.05) is 115 Å². The van der Waals surface area contributed by atoms with Crippen LogP contribution in [0.3, 0.4) is 0 Å². The molecule has 9 aromatic rings. The molecule has 4 radical (unpaired) electrons. The van der Waals surface area contributed by atoms with Crippen molar-refractivity contribution in [3.05, 3.63) is 298 Å². The molecule has 0 amide bonds. The Bertz CT molecular complexity index is 3980. The summed E-state index contributed by atoms with van der Waals surface area (Å²) in [4.78, 5) is 10.9. The first-order valence-corrected chi connectivity index (χ1v) is 43.9. The van der Waals surface area contributed by atoms with Crippen LogP contribution in [0, 0.1) is 6.92 Å². The maximum Gasteiger partial charge on any atom is -0.0398 e. The summed E-state index contributed by atoms with van der Waals surface area (Å²) < 4.78 is 42.3. The molecule has 0 bridgehead atoms. The van der Waals surface area contributed by atoms with Crippen LogP contribution < -0.4 is 29.6 Å². The summed E-state index contributed by atoms with van der Waals surface area (Å²) in [6.45, 7) is 51.4. The van der Waals surface area contributed by atoms with E-state index < -0.39 is 60.5 Å². The average molecular weight is 1590 g/mol. The van der Waals surface area contributed by atoms with Crippen molar-refractivity contribution in [3.8, 4) is 0 Å². The van der Waals surface area contributed by atoms with Crippen molar-refractivity contribution in [2.75, 3.05) is 7.71 Å². The van der Waals surface area contributed by atoms with Gasteiger partial charge in [0, 0.05) is 0 Å². The van der Waals surface area contributed by atoms with E-state index in [-0.39, 0.29) is 23.7 Å². The van der Waals surface area contributed by atoms with Gasteiger partial charge in [-0.3, -0.25) is 0 Å². The van der Waals surface area contributed by atoms with Crippen LogP contribution >= 0.6 is 0 Å². The zero-order valence-corrected chi connectivity index (χ0v) is 74.8. The van der Waals surface area contributed by atoms with Gasteiger partial charge in [0.2, 0.25) is 0 Å². The van der Waals surface area contributed by atoms with Crippen LogP contribution in [-0.4, -0.2) is 71.9 Å². The first kappa shape index (κ1) is 89.7. The van der Waals surface area contributed by atoms with Gasteiger partial charge in [-0.15, -0.1) is 0 Å². The summed E-state index contributed by atoms with van der Waals surface area (Å²) in [6.07, 6.45) is 10.00. The van der Waals surface area contributed by atoms with Gasteiger partial charge in [-0.2, -0.15) is 0 Å². The monoisotopic (exact) mass is 1590 g/mol. The number of hydrogen-bond donors (Lipinski definition) is 0. The summed E-state index contributed by atoms with van der Waals surface area (Å²) in [5.74, 6) is 2.15. The van der Waals surface area contributed by atoms with E-state index in [2.05, 4.69) is 288 Å². The van der Waals surface area contributed by atoms with Crippen LogP contribution in [0.15, 0.2) is 258 Å². The second-order valence-electron chi connectivity index (χ2n) is 31.3. The Morgan fingerprint density at radius 3 is 0.773 bits per heavy atom. The Morgan fingerprint density at radius 2 is 0.545 bits per heavy atom. The minimum Gasteiger partial charge on any atom is -0.0654 e. The number of para-hydroxylation sites is 4. The topological polar surface area (TPSA) is 77.4 Å². The largest absolute Gasteiger partial charge is 0.0654 e. The molecule has 9 aromatic carbocycles. The van der Waals surface area contributed by atoms with E-state index in [1.54, 1.807) is 0 Å². The van der Waals surface area contributed by atoms with Gasteiger partial charge in [0.15, 0.2) is 0 Å². The van der Waals surface area contributed by atoms with Crippen LogP contribution in [-0.2, 0) is 21.1 Å². The van der Waals surface area contributed by atoms with Crippen molar-refractivity contribution in [2.45, 2.75) is 232 Å². The van der Waals surface area contributed by atoms with E-state index >= 15 is 0 Å². The maximum atomic E-state index is 7.49. The molecule has 0 aromatic heterocycles. The Labute approximate surface area is 680 Å². The normalized spacial score (nSPS) is 12.1. The fourth-order valence-corrected chi connectivity index (χ4v) is 17.3. The second-order valence-corrected chi connectivity index (χ2v) is 34.9. The number of benzene rings is 9. The van der Waals surface area contributed by atoms with E-state index in [4.69, 9.17) is 31.1 Å². The Hall–Kier alpha value is -7.45. The van der Waals surface area contributed by atoms with Crippen molar-refractivity contribution in [1.29, 1.82) is 0 Å². The minimum atomic E-state index is -1.57. The van der Waals surface area contributed by atoms with Gasteiger partial charge in [-0.25, -0.2) is 0 Å². The first-order chi connectivity index (χ1) is 52.7. The Morgan fingerprint density at radius 1 is 0.318 bits per heavy atom. The summed E-state index contributed by atoms with van der Waals surface area (Å²) in [6, 6.07) is 77.7. The molecule has 0 aliphatic carbocycles. The van der Waals surface area contributed by atoms with E-state index in [0.717, 1.165) is 56.0 Å². The van der Waals surface area contributed by atoms with Crippen LogP contribution in [0.4, 0.5) is 22.7 Å². The van der Waals surface area contributed by atoms with Crippen LogP contribution in [0.25, 0.3) is 0 Å². The molecule has 0 unspecified atom stereocenters. The van der Waals surface area contributed by atoms with Gasteiger partial charge in [-0.1, -0.05) is 75.4 Å². The van der Waals surface area contributed by atoms with E-state index in [1.165, 1.54) is 87.1 Å². The van der Waals surface area contributed by atoms with Crippen molar-refractivity contribution in [1.82, 2.24) is 0 Å². The molecule has 574 valence electrons. The van der Waals surface area contributed by atoms with Crippen LogP contribution in [0.2, 0.25) is 0 Å². The zero-order chi connectivity index (χ0) is 80.0. The molecule has 0 aliphatic rings. The number of hydrogen-bond acceptors (Lipinski definition) is 9. The van der Waals surface area contributed by atoms with Crippen molar-refractivity contribution in [2.24, 2.45) is 9.98 Å². The third-order valence-corrected chi connectivity index (χ3v) is 23.9. The van der Waals surface area contributed by atoms with Gasteiger partial charge < -0.3 is 0 Å². The van der Waals surface area contributed by atoms with Crippen molar-refractivity contribution >= 4 is 116 Å². The third kappa shape index (κ3) is 26.6. The van der Waals surface area contributed by atoms with Gasteiger partial charge in [0.25, 0.3) is 0 Å². The number of nitrogens with zero attached hydrogens (tertiary/aromatic N) is 4. The summed E-state index contributed by atoms with van der Waals surface area (Å²) in [7, 11) is -3.78. The molecule has 0 fully saturated rings. The van der Waals surface area contributed by atoms with Gasteiger partial charge >= 0.3 is 603 Å². The number of anilines is 2. The quantitative estimate of drug-likeness (QED) is 0.0222. The molecule has 9 nitrogen and oxygen atoms in total. The Balaban J connectivity index is 0.00000118. The smallest absolute Gasteiger partial charge is 0.0398 e. The third-order valence-electron chi connectivity index (χ3n) is 19.4. The maximum absolute atomic E-state index is 7.49. The molecule has 0 N–H and O–H groups in total. The van der Waals surface area contributed by atoms with Crippen LogP contribution in [0.5, 0.6) is 0 Å². The van der Waals surface area contributed by atoms with Crippen molar-refractivity contribution < 1.29 is 21.1 Å². The number of aliphatic imine (C=N–C) groups is 2. The fourth-order valence-electron chi connectivity index (χ4n) is 13.3. The zero-order valence-electron chi connectivity index (χ0n) is 70.6. The molecule has 110 heavy (non-hydrogen) atoms. The van der Waals surface area contributed by atoms with E-state index in [9.17, 15) is 0 Å². The van der Waals surface area contributed by atoms with Gasteiger partial charge in [0.05, 0.1) is 0 Å². The molecule has 15 heteroatoms. The first-order valence-electron chi connectivity index (χ1n) is 40.3. The molecule has 0 saturated carbocycles. The summed E-state index contributed by atoms with van der Waals surface area (Å²) in [5, 5.41) is 0. The van der Waals surface area contributed by atoms with Gasteiger partial charge in [-0.05, 0) is 6.92 Å². The predicted octanol–water partition coefficient (Wildman–Crippen LogP) is 23.7. The van der Waals surface area contributed by atoms with Crippen LogP contribution in [0.1, 0.15) is 275 Å². The molecule has 0 spiro atoms. The molecule has 0 heterocycles. The summed E-state index contributed by atoms with van der Waals surface area (Å²) >= 11 is -3.13.